The third kappa shape index (κ3) is 2.02. The quantitative estimate of drug-likeness (QED) is 0.820. The van der Waals surface area contributed by atoms with Gasteiger partial charge in [0.2, 0.25) is 0 Å². The molecule has 1 saturated carbocycles. The number of aromatic nitrogens is 2. The molecule has 3 nitrogen and oxygen atoms in total. The molecular weight excluding hydrogens is 186 g/mol. The maximum atomic E-state index is 6.28. The summed E-state index contributed by atoms with van der Waals surface area (Å²) < 4.78 is 0. The molecule has 1 fully saturated rings. The van der Waals surface area contributed by atoms with Gasteiger partial charge in [-0.25, -0.2) is 9.97 Å². The van der Waals surface area contributed by atoms with E-state index in [1.165, 1.54) is 18.5 Å². The molecule has 0 spiro atoms. The average molecular weight is 205 g/mol. The lowest BCUT2D eigenvalue weighted by atomic mass is 9.93. The molecule has 2 rings (SSSR count). The summed E-state index contributed by atoms with van der Waals surface area (Å²) in [5.74, 6) is 1.49. The molecule has 0 atom stereocenters. The summed E-state index contributed by atoms with van der Waals surface area (Å²) >= 11 is 0. The first kappa shape index (κ1) is 10.6. The third-order valence-electron chi connectivity index (χ3n) is 3.38. The van der Waals surface area contributed by atoms with Crippen LogP contribution in [-0.4, -0.2) is 9.97 Å². The smallest absolute Gasteiger partial charge is 0.148 e. The lowest BCUT2D eigenvalue weighted by molar-refractivity contribution is 0.385. The summed E-state index contributed by atoms with van der Waals surface area (Å²) in [6.07, 6.45) is 6.16. The molecule has 1 heterocycles. The Bertz CT molecular complexity index is 340. The van der Waals surface area contributed by atoms with Crippen molar-refractivity contribution in [3.8, 4) is 0 Å². The maximum absolute atomic E-state index is 6.28. The summed E-state index contributed by atoms with van der Waals surface area (Å²) in [5, 5.41) is 0. The van der Waals surface area contributed by atoms with Crippen molar-refractivity contribution in [2.24, 2.45) is 5.73 Å². The van der Waals surface area contributed by atoms with E-state index in [2.05, 4.69) is 23.8 Å². The topological polar surface area (TPSA) is 51.8 Å². The van der Waals surface area contributed by atoms with Crippen molar-refractivity contribution in [1.29, 1.82) is 0 Å². The molecule has 1 aromatic rings. The lowest BCUT2D eigenvalue weighted by Crippen LogP contribution is -2.37. The molecule has 2 N–H and O–H groups in total. The third-order valence-corrected chi connectivity index (χ3v) is 3.38. The first-order valence-corrected chi connectivity index (χ1v) is 5.82. The molecule has 15 heavy (non-hydrogen) atoms. The molecule has 0 amide bonds. The summed E-state index contributed by atoms with van der Waals surface area (Å²) in [5.41, 5.74) is 7.12. The summed E-state index contributed by atoms with van der Waals surface area (Å²) in [6.45, 7) is 4.19. The van der Waals surface area contributed by atoms with Crippen LogP contribution in [0.3, 0.4) is 0 Å². The largest absolute Gasteiger partial charge is 0.319 e. The van der Waals surface area contributed by atoms with Gasteiger partial charge in [-0.1, -0.05) is 13.8 Å². The molecule has 1 aliphatic rings. The lowest BCUT2D eigenvalue weighted by Gasteiger charge is -2.24. The molecular formula is C12H19N3. The van der Waals surface area contributed by atoms with E-state index in [-0.39, 0.29) is 5.54 Å². The Morgan fingerprint density at radius 3 is 2.60 bits per heavy atom. The van der Waals surface area contributed by atoms with Crippen LogP contribution < -0.4 is 5.73 Å². The van der Waals surface area contributed by atoms with Gasteiger partial charge in [0, 0.05) is 17.8 Å². The van der Waals surface area contributed by atoms with Crippen LogP contribution in [0.2, 0.25) is 0 Å². The van der Waals surface area contributed by atoms with Crippen molar-refractivity contribution in [3.63, 3.8) is 0 Å². The van der Waals surface area contributed by atoms with Crippen molar-refractivity contribution in [1.82, 2.24) is 9.97 Å². The van der Waals surface area contributed by atoms with Crippen molar-refractivity contribution < 1.29 is 0 Å². The van der Waals surface area contributed by atoms with Gasteiger partial charge in [0.25, 0.3) is 0 Å². The maximum Gasteiger partial charge on any atom is 0.148 e. The van der Waals surface area contributed by atoms with Crippen LogP contribution >= 0.6 is 0 Å². The van der Waals surface area contributed by atoms with Gasteiger partial charge in [-0.05, 0) is 31.7 Å². The second-order valence-electron chi connectivity index (χ2n) is 4.44. The van der Waals surface area contributed by atoms with Gasteiger partial charge < -0.3 is 5.73 Å². The van der Waals surface area contributed by atoms with Crippen LogP contribution in [0.5, 0.6) is 0 Å². The SMILES string of the molecule is CCC(N)(CC)c1nccc(C2CC2)n1. The van der Waals surface area contributed by atoms with Crippen molar-refractivity contribution in [2.45, 2.75) is 51.0 Å². The van der Waals surface area contributed by atoms with Crippen molar-refractivity contribution in [2.75, 3.05) is 0 Å². The number of rotatable bonds is 4. The van der Waals surface area contributed by atoms with E-state index in [1.54, 1.807) is 0 Å². The van der Waals surface area contributed by atoms with Gasteiger partial charge in [-0.2, -0.15) is 0 Å². The van der Waals surface area contributed by atoms with Crippen LogP contribution in [0.15, 0.2) is 12.3 Å². The second kappa shape index (κ2) is 3.89. The Hall–Kier alpha value is -0.960. The zero-order valence-electron chi connectivity index (χ0n) is 9.53. The van der Waals surface area contributed by atoms with Gasteiger partial charge in [0.05, 0.1) is 5.54 Å². The molecule has 3 heteroatoms. The molecule has 0 aliphatic heterocycles. The van der Waals surface area contributed by atoms with E-state index in [0.717, 1.165) is 18.7 Å². The van der Waals surface area contributed by atoms with Crippen LogP contribution in [0.25, 0.3) is 0 Å². The fourth-order valence-corrected chi connectivity index (χ4v) is 1.79. The minimum absolute atomic E-state index is 0.342. The standard InChI is InChI=1S/C12H19N3/c1-3-12(13,4-2)11-14-8-7-10(15-11)9-5-6-9/h7-9H,3-6,13H2,1-2H3. The Labute approximate surface area is 91.1 Å². The Kier molecular flexibility index (Phi) is 2.74. The number of nitrogens with zero attached hydrogens (tertiary/aromatic N) is 2. The van der Waals surface area contributed by atoms with E-state index < -0.39 is 0 Å². The van der Waals surface area contributed by atoms with Crippen molar-refractivity contribution in [3.05, 3.63) is 23.8 Å². The van der Waals surface area contributed by atoms with E-state index in [9.17, 15) is 0 Å². The summed E-state index contributed by atoms with van der Waals surface area (Å²) in [6, 6.07) is 2.02. The van der Waals surface area contributed by atoms with Crippen molar-refractivity contribution >= 4 is 0 Å². The fourth-order valence-electron chi connectivity index (χ4n) is 1.79. The first-order chi connectivity index (χ1) is 7.19. The second-order valence-corrected chi connectivity index (χ2v) is 4.44. The number of hydrogen-bond acceptors (Lipinski definition) is 3. The predicted octanol–water partition coefficient (Wildman–Crippen LogP) is 2.33. The molecule has 0 saturated heterocycles. The summed E-state index contributed by atoms with van der Waals surface area (Å²) in [4.78, 5) is 8.94. The van der Waals surface area contributed by atoms with Gasteiger partial charge in [-0.3, -0.25) is 0 Å². The molecule has 0 radical (unpaired) electrons. The number of nitrogens with two attached hydrogens (primary N) is 1. The predicted molar refractivity (Wildman–Crippen MR) is 60.5 cm³/mol. The molecule has 1 aromatic heterocycles. The normalized spacial score (nSPS) is 16.7. The van der Waals surface area contributed by atoms with E-state index >= 15 is 0 Å². The highest BCUT2D eigenvalue weighted by Crippen LogP contribution is 2.39. The van der Waals surface area contributed by atoms with Gasteiger partial charge >= 0.3 is 0 Å². The van der Waals surface area contributed by atoms with E-state index in [4.69, 9.17) is 5.73 Å². The van der Waals surface area contributed by atoms with Crippen LogP contribution in [0.1, 0.15) is 57.0 Å². The molecule has 0 aromatic carbocycles. The zero-order chi connectivity index (χ0) is 10.9. The molecule has 1 aliphatic carbocycles. The van der Waals surface area contributed by atoms with Gasteiger partial charge in [-0.15, -0.1) is 0 Å². The van der Waals surface area contributed by atoms with Gasteiger partial charge in [0.15, 0.2) is 0 Å². The molecule has 82 valence electrons. The first-order valence-electron chi connectivity index (χ1n) is 5.82. The Balaban J connectivity index is 2.30. The monoisotopic (exact) mass is 205 g/mol. The van der Waals surface area contributed by atoms with E-state index in [0.29, 0.717) is 5.92 Å². The number of hydrogen-bond donors (Lipinski definition) is 1. The molecule has 0 bridgehead atoms. The minimum Gasteiger partial charge on any atom is -0.319 e. The van der Waals surface area contributed by atoms with Crippen LogP contribution in [-0.2, 0) is 5.54 Å². The van der Waals surface area contributed by atoms with E-state index in [1.807, 2.05) is 12.3 Å². The van der Waals surface area contributed by atoms with Crippen LogP contribution in [0, 0.1) is 0 Å². The minimum atomic E-state index is -0.342. The zero-order valence-corrected chi connectivity index (χ0v) is 9.53. The Morgan fingerprint density at radius 2 is 2.07 bits per heavy atom. The highest BCUT2D eigenvalue weighted by atomic mass is 15.0. The highest BCUT2D eigenvalue weighted by Gasteiger charge is 2.30. The Morgan fingerprint density at radius 1 is 1.40 bits per heavy atom. The van der Waals surface area contributed by atoms with Gasteiger partial charge in [0.1, 0.15) is 5.82 Å². The molecule has 0 unspecified atom stereocenters. The summed E-state index contributed by atoms with van der Waals surface area (Å²) in [7, 11) is 0. The fraction of sp³-hybridized carbons (Fsp3) is 0.667. The van der Waals surface area contributed by atoms with Crippen LogP contribution in [0.4, 0.5) is 0 Å². The highest BCUT2D eigenvalue weighted by molar-refractivity contribution is 5.16. The average Bonchev–Trinajstić information content (AvgIpc) is 3.12.